The van der Waals surface area contributed by atoms with Crippen LogP contribution in [0.25, 0.3) is 0 Å². The van der Waals surface area contributed by atoms with E-state index >= 15 is 0 Å². The Balaban J connectivity index is 2.86. The van der Waals surface area contributed by atoms with Crippen LogP contribution in [0.3, 0.4) is 0 Å². The molecule has 0 aromatic carbocycles. The third-order valence-electron chi connectivity index (χ3n) is 2.77. The van der Waals surface area contributed by atoms with Crippen molar-refractivity contribution < 1.29 is 23.0 Å². The molecule has 1 heterocycles. The predicted molar refractivity (Wildman–Crippen MR) is 60.3 cm³/mol. The van der Waals surface area contributed by atoms with Crippen LogP contribution in [0.15, 0.2) is 0 Å². The minimum atomic E-state index is -2.97. The van der Waals surface area contributed by atoms with Crippen molar-refractivity contribution in [2.24, 2.45) is 5.92 Å². The molecule has 1 saturated heterocycles. The Bertz CT molecular complexity index is 244. The number of alkyl halides is 2. The van der Waals surface area contributed by atoms with Gasteiger partial charge in [0.1, 0.15) is 12.2 Å². The smallest absolute Gasteiger partial charge is 0.302 e. The zero-order valence-electron chi connectivity index (χ0n) is 11.1. The number of hydrogen-bond acceptors (Lipinski definition) is 3. The minimum absolute atomic E-state index is 0.121. The lowest BCUT2D eigenvalue weighted by atomic mass is 9.98. The van der Waals surface area contributed by atoms with Crippen LogP contribution >= 0.6 is 0 Å². The highest BCUT2D eigenvalue weighted by Gasteiger charge is 2.60. The van der Waals surface area contributed by atoms with Gasteiger partial charge in [-0.2, -0.15) is 0 Å². The second-order valence-corrected chi connectivity index (χ2v) is 5.07. The molecule has 0 spiro atoms. The number of rotatable bonds is 5. The molecule has 0 saturated carbocycles. The first-order chi connectivity index (χ1) is 7.80. The Morgan fingerprint density at radius 2 is 1.82 bits per heavy atom. The van der Waals surface area contributed by atoms with Gasteiger partial charge in [-0.3, -0.25) is 0 Å². The molecule has 5 heteroatoms. The maximum atomic E-state index is 14.2. The van der Waals surface area contributed by atoms with Crippen molar-refractivity contribution in [3.8, 4) is 0 Å². The number of hydrogen-bond donors (Lipinski definition) is 0. The molecular formula is C12H22F2O3. The van der Waals surface area contributed by atoms with Gasteiger partial charge < -0.3 is 14.2 Å². The van der Waals surface area contributed by atoms with Crippen molar-refractivity contribution >= 4 is 0 Å². The van der Waals surface area contributed by atoms with Gasteiger partial charge in [0.15, 0.2) is 6.10 Å². The van der Waals surface area contributed by atoms with Crippen molar-refractivity contribution in [3.63, 3.8) is 0 Å². The van der Waals surface area contributed by atoms with Crippen molar-refractivity contribution in [3.05, 3.63) is 0 Å². The second kappa shape index (κ2) is 5.59. The minimum Gasteiger partial charge on any atom is -0.382 e. The molecule has 0 aromatic rings. The molecule has 0 bridgehead atoms. The van der Waals surface area contributed by atoms with Gasteiger partial charge >= 0.3 is 5.92 Å². The van der Waals surface area contributed by atoms with E-state index in [-0.39, 0.29) is 18.6 Å². The summed E-state index contributed by atoms with van der Waals surface area (Å²) < 4.78 is 43.9. The molecule has 1 fully saturated rings. The van der Waals surface area contributed by atoms with Gasteiger partial charge in [-0.1, -0.05) is 13.8 Å². The Morgan fingerprint density at radius 1 is 1.24 bits per heavy atom. The monoisotopic (exact) mass is 252 g/mol. The summed E-state index contributed by atoms with van der Waals surface area (Å²) >= 11 is 0. The number of ether oxygens (including phenoxy) is 3. The molecule has 0 aliphatic carbocycles. The molecule has 3 nitrogen and oxygen atoms in total. The molecule has 1 rings (SSSR count). The first-order valence-electron chi connectivity index (χ1n) is 5.98. The van der Waals surface area contributed by atoms with Gasteiger partial charge in [-0.15, -0.1) is 0 Å². The summed E-state index contributed by atoms with van der Waals surface area (Å²) in [6.07, 6.45) is -3.30. The zero-order valence-corrected chi connectivity index (χ0v) is 11.1. The van der Waals surface area contributed by atoms with Gasteiger partial charge in [0, 0.05) is 7.11 Å². The first kappa shape index (κ1) is 14.8. The van der Waals surface area contributed by atoms with Gasteiger partial charge in [0.05, 0.1) is 12.7 Å². The zero-order chi connectivity index (χ0) is 13.2. The molecular weight excluding hydrogens is 230 g/mol. The lowest BCUT2D eigenvalue weighted by molar-refractivity contribution is -0.154. The van der Waals surface area contributed by atoms with E-state index in [0.717, 1.165) is 0 Å². The van der Waals surface area contributed by atoms with Crippen LogP contribution in [0.1, 0.15) is 27.7 Å². The van der Waals surface area contributed by atoms with Crippen LogP contribution in [0, 0.1) is 5.92 Å². The topological polar surface area (TPSA) is 27.7 Å². The van der Waals surface area contributed by atoms with Crippen LogP contribution < -0.4 is 0 Å². The van der Waals surface area contributed by atoms with E-state index in [1.165, 1.54) is 7.11 Å². The van der Waals surface area contributed by atoms with E-state index in [9.17, 15) is 8.78 Å². The summed E-state index contributed by atoms with van der Waals surface area (Å²) in [5.74, 6) is -3.23. The molecule has 1 aliphatic rings. The third kappa shape index (κ3) is 3.14. The number of halogens is 2. The van der Waals surface area contributed by atoms with Crippen molar-refractivity contribution in [1.82, 2.24) is 0 Å². The highest BCUT2D eigenvalue weighted by Crippen LogP contribution is 2.41. The van der Waals surface area contributed by atoms with E-state index in [1.54, 1.807) is 27.7 Å². The highest BCUT2D eigenvalue weighted by atomic mass is 19.3. The Kier molecular flexibility index (Phi) is 4.86. The standard InChI is InChI=1S/C12H22F2O3/c1-7(2)10-12(13,14)11(16-8(3)4)9(17-10)6-15-5/h7-11H,6H2,1-5H3/t9-,10?,11-/m1/s1. The fourth-order valence-electron chi connectivity index (χ4n) is 2.12. The van der Waals surface area contributed by atoms with Crippen LogP contribution in [0.4, 0.5) is 8.78 Å². The van der Waals surface area contributed by atoms with Crippen LogP contribution in [-0.4, -0.2) is 44.1 Å². The van der Waals surface area contributed by atoms with Crippen molar-refractivity contribution in [2.75, 3.05) is 13.7 Å². The number of methoxy groups -OCH3 is 1. The second-order valence-electron chi connectivity index (χ2n) is 5.07. The normalized spacial score (nSPS) is 32.6. The van der Waals surface area contributed by atoms with Gasteiger partial charge in [0.25, 0.3) is 0 Å². The van der Waals surface area contributed by atoms with E-state index in [1.807, 2.05) is 0 Å². The average molecular weight is 252 g/mol. The molecule has 17 heavy (non-hydrogen) atoms. The SMILES string of the molecule is COC[C@H]1OC(C(C)C)C(F)(F)[C@@H]1OC(C)C. The molecule has 0 amide bonds. The van der Waals surface area contributed by atoms with Crippen molar-refractivity contribution in [1.29, 1.82) is 0 Å². The van der Waals surface area contributed by atoms with Crippen molar-refractivity contribution in [2.45, 2.75) is 58.0 Å². The summed E-state index contributed by atoms with van der Waals surface area (Å²) in [5.41, 5.74) is 0. The van der Waals surface area contributed by atoms with E-state index in [0.29, 0.717) is 0 Å². The molecule has 102 valence electrons. The Morgan fingerprint density at radius 3 is 2.24 bits per heavy atom. The molecule has 0 N–H and O–H groups in total. The molecule has 0 radical (unpaired) electrons. The molecule has 0 aromatic heterocycles. The van der Waals surface area contributed by atoms with E-state index < -0.39 is 24.2 Å². The van der Waals surface area contributed by atoms with E-state index in [2.05, 4.69) is 0 Å². The lowest BCUT2D eigenvalue weighted by Gasteiger charge is -2.26. The van der Waals surface area contributed by atoms with Gasteiger partial charge in [0.2, 0.25) is 0 Å². The highest BCUT2D eigenvalue weighted by molar-refractivity contribution is 4.99. The third-order valence-corrected chi connectivity index (χ3v) is 2.77. The predicted octanol–water partition coefficient (Wildman–Crippen LogP) is 2.49. The molecule has 3 atom stereocenters. The summed E-state index contributed by atoms with van der Waals surface area (Å²) in [6.45, 7) is 7.04. The largest absolute Gasteiger partial charge is 0.382 e. The molecule has 1 unspecified atom stereocenters. The molecule has 1 aliphatic heterocycles. The van der Waals surface area contributed by atoms with Gasteiger partial charge in [-0.05, 0) is 19.8 Å². The first-order valence-corrected chi connectivity index (χ1v) is 5.98. The van der Waals surface area contributed by atoms with Crippen LogP contribution in [0.2, 0.25) is 0 Å². The van der Waals surface area contributed by atoms with Crippen LogP contribution in [-0.2, 0) is 14.2 Å². The summed E-state index contributed by atoms with van der Waals surface area (Å²) in [5, 5.41) is 0. The Hall–Kier alpha value is -0.260. The maximum Gasteiger partial charge on any atom is 0.302 e. The lowest BCUT2D eigenvalue weighted by Crippen LogP contribution is -2.45. The quantitative estimate of drug-likeness (QED) is 0.752. The average Bonchev–Trinajstić information content (AvgIpc) is 2.41. The van der Waals surface area contributed by atoms with Crippen LogP contribution in [0.5, 0.6) is 0 Å². The summed E-state index contributed by atoms with van der Waals surface area (Å²) in [7, 11) is 1.47. The summed E-state index contributed by atoms with van der Waals surface area (Å²) in [6, 6.07) is 0. The maximum absolute atomic E-state index is 14.2. The Labute approximate surface area is 101 Å². The van der Waals surface area contributed by atoms with Gasteiger partial charge in [-0.25, -0.2) is 8.78 Å². The fraction of sp³-hybridized carbons (Fsp3) is 1.00. The fourth-order valence-corrected chi connectivity index (χ4v) is 2.12. The summed E-state index contributed by atoms with van der Waals surface area (Å²) in [4.78, 5) is 0. The van der Waals surface area contributed by atoms with E-state index in [4.69, 9.17) is 14.2 Å².